The molecule has 0 aromatic heterocycles. The SMILES string of the molecule is O=C(CSCc1ccccc1Cl)N1CCCC1. The molecule has 2 rings (SSSR count). The summed E-state index contributed by atoms with van der Waals surface area (Å²) in [6.07, 6.45) is 2.31. The van der Waals surface area contributed by atoms with E-state index in [1.165, 1.54) is 0 Å². The predicted molar refractivity (Wildman–Crippen MR) is 73.4 cm³/mol. The molecule has 0 aliphatic carbocycles. The van der Waals surface area contributed by atoms with Gasteiger partial charge in [-0.05, 0) is 24.5 Å². The molecule has 0 atom stereocenters. The number of amides is 1. The number of nitrogens with zero attached hydrogens (tertiary/aromatic N) is 1. The lowest BCUT2D eigenvalue weighted by Gasteiger charge is -2.14. The second-order valence-electron chi connectivity index (χ2n) is 4.17. The van der Waals surface area contributed by atoms with Gasteiger partial charge in [-0.3, -0.25) is 4.79 Å². The first-order valence-electron chi connectivity index (χ1n) is 5.86. The van der Waals surface area contributed by atoms with Crippen molar-refractivity contribution in [2.24, 2.45) is 0 Å². The van der Waals surface area contributed by atoms with Crippen LogP contribution in [0.4, 0.5) is 0 Å². The zero-order chi connectivity index (χ0) is 12.1. The maximum absolute atomic E-state index is 11.8. The van der Waals surface area contributed by atoms with Gasteiger partial charge in [0.15, 0.2) is 0 Å². The fourth-order valence-corrected chi connectivity index (χ4v) is 3.13. The van der Waals surface area contributed by atoms with Crippen LogP contribution in [-0.2, 0) is 10.5 Å². The van der Waals surface area contributed by atoms with E-state index in [2.05, 4.69) is 0 Å². The summed E-state index contributed by atoms with van der Waals surface area (Å²) in [6.45, 7) is 1.87. The van der Waals surface area contributed by atoms with Gasteiger partial charge in [0.25, 0.3) is 0 Å². The van der Waals surface area contributed by atoms with Crippen molar-refractivity contribution >= 4 is 29.3 Å². The Labute approximate surface area is 111 Å². The maximum atomic E-state index is 11.8. The lowest BCUT2D eigenvalue weighted by Crippen LogP contribution is -2.29. The number of hydrogen-bond donors (Lipinski definition) is 0. The molecule has 0 radical (unpaired) electrons. The number of likely N-dealkylation sites (tertiary alicyclic amines) is 1. The van der Waals surface area contributed by atoms with E-state index in [1.807, 2.05) is 29.2 Å². The summed E-state index contributed by atoms with van der Waals surface area (Å²) >= 11 is 7.70. The lowest BCUT2D eigenvalue weighted by molar-refractivity contribution is -0.127. The fraction of sp³-hybridized carbons (Fsp3) is 0.462. The number of carbonyl (C=O) groups is 1. The summed E-state index contributed by atoms with van der Waals surface area (Å²) in [5.41, 5.74) is 1.10. The summed E-state index contributed by atoms with van der Waals surface area (Å²) in [5.74, 6) is 1.63. The fourth-order valence-electron chi connectivity index (χ4n) is 1.92. The summed E-state index contributed by atoms with van der Waals surface area (Å²) < 4.78 is 0. The molecule has 1 fully saturated rings. The maximum Gasteiger partial charge on any atom is 0.232 e. The van der Waals surface area contributed by atoms with Gasteiger partial charge in [-0.25, -0.2) is 0 Å². The number of halogens is 1. The zero-order valence-corrected chi connectivity index (χ0v) is 11.3. The van der Waals surface area contributed by atoms with Crippen LogP contribution in [0.1, 0.15) is 18.4 Å². The van der Waals surface area contributed by atoms with Crippen LogP contribution in [-0.4, -0.2) is 29.6 Å². The molecule has 0 spiro atoms. The second-order valence-corrected chi connectivity index (χ2v) is 5.56. The molecule has 1 amide bonds. The monoisotopic (exact) mass is 269 g/mol. The van der Waals surface area contributed by atoms with Crippen molar-refractivity contribution < 1.29 is 4.79 Å². The van der Waals surface area contributed by atoms with Crippen LogP contribution in [0.25, 0.3) is 0 Å². The Kier molecular flexibility index (Phi) is 4.75. The minimum absolute atomic E-state index is 0.263. The minimum atomic E-state index is 0.263. The molecule has 0 saturated carbocycles. The van der Waals surface area contributed by atoms with Gasteiger partial charge >= 0.3 is 0 Å². The topological polar surface area (TPSA) is 20.3 Å². The largest absolute Gasteiger partial charge is 0.342 e. The molecule has 1 aromatic carbocycles. The van der Waals surface area contributed by atoms with E-state index in [0.717, 1.165) is 42.3 Å². The Balaban J connectivity index is 1.76. The molecule has 17 heavy (non-hydrogen) atoms. The molecule has 1 aliphatic heterocycles. The summed E-state index contributed by atoms with van der Waals surface area (Å²) in [6, 6.07) is 7.80. The molecule has 4 heteroatoms. The first-order chi connectivity index (χ1) is 8.27. The molecular weight excluding hydrogens is 254 g/mol. The minimum Gasteiger partial charge on any atom is -0.342 e. The van der Waals surface area contributed by atoms with Gasteiger partial charge in [0.05, 0.1) is 5.75 Å². The van der Waals surface area contributed by atoms with Crippen molar-refractivity contribution in [2.75, 3.05) is 18.8 Å². The first-order valence-corrected chi connectivity index (χ1v) is 7.39. The van der Waals surface area contributed by atoms with Crippen molar-refractivity contribution in [2.45, 2.75) is 18.6 Å². The summed E-state index contributed by atoms with van der Waals surface area (Å²) in [5, 5.41) is 0.786. The van der Waals surface area contributed by atoms with Crippen LogP contribution in [0.5, 0.6) is 0 Å². The third kappa shape index (κ3) is 3.65. The zero-order valence-electron chi connectivity index (χ0n) is 9.69. The number of rotatable bonds is 4. The average molecular weight is 270 g/mol. The lowest BCUT2D eigenvalue weighted by atomic mass is 10.2. The van der Waals surface area contributed by atoms with E-state index >= 15 is 0 Å². The average Bonchev–Trinajstić information content (AvgIpc) is 2.85. The highest BCUT2D eigenvalue weighted by Gasteiger charge is 2.17. The Morgan fingerprint density at radius 3 is 2.71 bits per heavy atom. The van der Waals surface area contributed by atoms with Crippen LogP contribution >= 0.6 is 23.4 Å². The van der Waals surface area contributed by atoms with E-state index in [-0.39, 0.29) is 5.91 Å². The van der Waals surface area contributed by atoms with Crippen molar-refractivity contribution in [3.05, 3.63) is 34.9 Å². The molecule has 1 aliphatic rings. The first kappa shape index (κ1) is 12.8. The van der Waals surface area contributed by atoms with E-state index < -0.39 is 0 Å². The predicted octanol–water partition coefficient (Wildman–Crippen LogP) is 3.20. The van der Waals surface area contributed by atoms with Crippen molar-refractivity contribution in [3.63, 3.8) is 0 Å². The normalized spacial score (nSPS) is 15.2. The Morgan fingerprint density at radius 2 is 2.00 bits per heavy atom. The van der Waals surface area contributed by atoms with Crippen molar-refractivity contribution in [3.8, 4) is 0 Å². The van der Waals surface area contributed by atoms with Gasteiger partial charge in [-0.2, -0.15) is 0 Å². The van der Waals surface area contributed by atoms with Gasteiger partial charge in [-0.15, -0.1) is 11.8 Å². The molecule has 1 aromatic rings. The highest BCUT2D eigenvalue weighted by Crippen LogP contribution is 2.21. The molecule has 1 heterocycles. The van der Waals surface area contributed by atoms with Crippen LogP contribution < -0.4 is 0 Å². The van der Waals surface area contributed by atoms with E-state index in [0.29, 0.717) is 5.75 Å². The molecule has 0 N–H and O–H groups in total. The number of hydrogen-bond acceptors (Lipinski definition) is 2. The van der Waals surface area contributed by atoms with Crippen LogP contribution in [0.3, 0.4) is 0 Å². The van der Waals surface area contributed by atoms with E-state index in [9.17, 15) is 4.79 Å². The molecule has 2 nitrogen and oxygen atoms in total. The van der Waals surface area contributed by atoms with E-state index in [1.54, 1.807) is 11.8 Å². The Hall–Kier alpha value is -0.670. The van der Waals surface area contributed by atoms with Crippen molar-refractivity contribution in [1.82, 2.24) is 4.90 Å². The molecule has 92 valence electrons. The van der Waals surface area contributed by atoms with Gasteiger partial charge in [0.1, 0.15) is 0 Å². The van der Waals surface area contributed by atoms with E-state index in [4.69, 9.17) is 11.6 Å². The molecule has 0 bridgehead atoms. The van der Waals surface area contributed by atoms with Gasteiger partial charge in [0, 0.05) is 23.9 Å². The third-order valence-corrected chi connectivity index (χ3v) is 4.23. The van der Waals surface area contributed by atoms with Gasteiger partial charge < -0.3 is 4.90 Å². The number of thioether (sulfide) groups is 1. The molecule has 0 unspecified atom stereocenters. The van der Waals surface area contributed by atoms with Crippen LogP contribution in [0, 0.1) is 0 Å². The van der Waals surface area contributed by atoms with Crippen LogP contribution in [0.2, 0.25) is 5.02 Å². The Bertz CT molecular complexity index is 391. The molecular formula is C13H16ClNOS. The Morgan fingerprint density at radius 1 is 1.29 bits per heavy atom. The number of carbonyl (C=O) groups excluding carboxylic acids is 1. The standard InChI is InChI=1S/C13H16ClNOS/c14-12-6-2-1-5-11(12)9-17-10-13(16)15-7-3-4-8-15/h1-2,5-6H,3-4,7-10H2. The van der Waals surface area contributed by atoms with Gasteiger partial charge in [-0.1, -0.05) is 29.8 Å². The summed E-state index contributed by atoms with van der Waals surface area (Å²) in [7, 11) is 0. The highest BCUT2D eigenvalue weighted by atomic mass is 35.5. The van der Waals surface area contributed by atoms with Gasteiger partial charge in [0.2, 0.25) is 5.91 Å². The number of benzene rings is 1. The summed E-state index contributed by atoms with van der Waals surface area (Å²) in [4.78, 5) is 13.8. The highest BCUT2D eigenvalue weighted by molar-refractivity contribution is 7.99. The second kappa shape index (κ2) is 6.31. The molecule has 1 saturated heterocycles. The smallest absolute Gasteiger partial charge is 0.232 e. The van der Waals surface area contributed by atoms with Crippen molar-refractivity contribution in [1.29, 1.82) is 0 Å². The van der Waals surface area contributed by atoms with Crippen LogP contribution in [0.15, 0.2) is 24.3 Å². The quantitative estimate of drug-likeness (QED) is 0.837. The third-order valence-electron chi connectivity index (χ3n) is 2.90.